The third-order valence-electron chi connectivity index (χ3n) is 4.51. The van der Waals surface area contributed by atoms with Gasteiger partial charge in [-0.25, -0.2) is 4.79 Å². The average Bonchev–Trinajstić information content (AvgIpc) is 2.44. The number of carbonyl (C=O) groups is 2. The predicted octanol–water partition coefficient (Wildman–Crippen LogP) is 1.46. The summed E-state index contributed by atoms with van der Waals surface area (Å²) in [6.07, 6.45) is 3.61. The highest BCUT2D eigenvalue weighted by atomic mass is 16.5. The van der Waals surface area contributed by atoms with E-state index in [0.29, 0.717) is 12.5 Å². The van der Waals surface area contributed by atoms with Crippen LogP contribution in [0.5, 0.6) is 0 Å². The van der Waals surface area contributed by atoms with Gasteiger partial charge in [-0.2, -0.15) is 0 Å². The molecule has 0 bridgehead atoms. The number of rotatable bonds is 5. The first-order valence-electron chi connectivity index (χ1n) is 7.45. The van der Waals surface area contributed by atoms with Gasteiger partial charge in [0.2, 0.25) is 5.91 Å². The lowest BCUT2D eigenvalue weighted by Gasteiger charge is -2.38. The molecule has 0 radical (unpaired) electrons. The van der Waals surface area contributed by atoms with Crippen molar-refractivity contribution in [2.75, 3.05) is 13.7 Å². The standard InChI is InChI=1S/C15H28N2O3/c1-10(2)12(13(18)20-4)17-14(19)15(9-16)7-5-11(3)6-8-15/h10-12H,5-9,16H2,1-4H3,(H,17,19)/t11?,12-,15?/m0/s1. The lowest BCUT2D eigenvalue weighted by atomic mass is 9.70. The van der Waals surface area contributed by atoms with Gasteiger partial charge in [0.25, 0.3) is 0 Å². The summed E-state index contributed by atoms with van der Waals surface area (Å²) in [6, 6.07) is -0.602. The molecule has 5 heteroatoms. The number of methoxy groups -OCH3 is 1. The van der Waals surface area contributed by atoms with Gasteiger partial charge in [0.1, 0.15) is 6.04 Å². The Morgan fingerprint density at radius 3 is 2.30 bits per heavy atom. The van der Waals surface area contributed by atoms with Gasteiger partial charge in [-0.05, 0) is 37.5 Å². The van der Waals surface area contributed by atoms with E-state index in [1.807, 2.05) is 13.8 Å². The molecule has 20 heavy (non-hydrogen) atoms. The molecular formula is C15H28N2O3. The van der Waals surface area contributed by atoms with Crippen LogP contribution in [-0.4, -0.2) is 31.6 Å². The third-order valence-corrected chi connectivity index (χ3v) is 4.51. The molecule has 0 aromatic carbocycles. The summed E-state index contributed by atoms with van der Waals surface area (Å²) in [5.41, 5.74) is 5.35. The number of hydrogen-bond acceptors (Lipinski definition) is 4. The van der Waals surface area contributed by atoms with Crippen molar-refractivity contribution in [2.45, 2.75) is 52.5 Å². The summed E-state index contributed by atoms with van der Waals surface area (Å²) >= 11 is 0. The summed E-state index contributed by atoms with van der Waals surface area (Å²) in [6.45, 7) is 6.31. The Balaban J connectivity index is 2.78. The summed E-state index contributed by atoms with van der Waals surface area (Å²) < 4.78 is 4.76. The Bertz CT molecular complexity index is 347. The number of nitrogens with two attached hydrogens (primary N) is 1. The van der Waals surface area contributed by atoms with Crippen LogP contribution in [0.1, 0.15) is 46.5 Å². The molecule has 1 rings (SSSR count). The van der Waals surface area contributed by atoms with Gasteiger partial charge >= 0.3 is 5.97 Å². The minimum absolute atomic E-state index is 0.0104. The van der Waals surface area contributed by atoms with Crippen molar-refractivity contribution < 1.29 is 14.3 Å². The molecule has 5 nitrogen and oxygen atoms in total. The highest BCUT2D eigenvalue weighted by Crippen LogP contribution is 2.38. The molecule has 1 aliphatic rings. The number of ether oxygens (including phenoxy) is 1. The van der Waals surface area contributed by atoms with E-state index in [2.05, 4.69) is 12.2 Å². The Labute approximate surface area is 121 Å². The fraction of sp³-hybridized carbons (Fsp3) is 0.867. The zero-order chi connectivity index (χ0) is 15.3. The van der Waals surface area contributed by atoms with Crippen molar-refractivity contribution in [1.29, 1.82) is 0 Å². The van der Waals surface area contributed by atoms with Crippen LogP contribution in [-0.2, 0) is 14.3 Å². The molecule has 0 aliphatic heterocycles. The van der Waals surface area contributed by atoms with E-state index in [1.165, 1.54) is 7.11 Å². The van der Waals surface area contributed by atoms with Crippen molar-refractivity contribution in [1.82, 2.24) is 5.32 Å². The first kappa shape index (κ1) is 17.0. The Morgan fingerprint density at radius 1 is 1.35 bits per heavy atom. The van der Waals surface area contributed by atoms with E-state index in [1.54, 1.807) is 0 Å². The maximum Gasteiger partial charge on any atom is 0.328 e. The highest BCUT2D eigenvalue weighted by molar-refractivity contribution is 5.88. The van der Waals surface area contributed by atoms with Crippen molar-refractivity contribution in [3.63, 3.8) is 0 Å². The van der Waals surface area contributed by atoms with Crippen molar-refractivity contribution in [3.05, 3.63) is 0 Å². The van der Waals surface area contributed by atoms with Gasteiger partial charge in [0.05, 0.1) is 12.5 Å². The first-order chi connectivity index (χ1) is 9.36. The Morgan fingerprint density at radius 2 is 1.90 bits per heavy atom. The normalized spacial score (nSPS) is 28.0. The fourth-order valence-corrected chi connectivity index (χ4v) is 2.76. The molecule has 0 aromatic heterocycles. The Kier molecular flexibility index (Phi) is 5.99. The van der Waals surface area contributed by atoms with Gasteiger partial charge in [-0.1, -0.05) is 20.8 Å². The fourth-order valence-electron chi connectivity index (χ4n) is 2.76. The number of amides is 1. The smallest absolute Gasteiger partial charge is 0.328 e. The van der Waals surface area contributed by atoms with Gasteiger partial charge in [0.15, 0.2) is 0 Å². The molecule has 0 saturated heterocycles. The second kappa shape index (κ2) is 7.07. The largest absolute Gasteiger partial charge is 0.467 e. The van der Waals surface area contributed by atoms with Crippen LogP contribution in [0.25, 0.3) is 0 Å². The second-order valence-corrected chi connectivity index (χ2v) is 6.39. The SMILES string of the molecule is COC(=O)[C@@H](NC(=O)C1(CN)CCC(C)CC1)C(C)C. The van der Waals surface area contributed by atoms with Crippen molar-refractivity contribution >= 4 is 11.9 Å². The summed E-state index contributed by atoms with van der Waals surface area (Å²) in [5, 5.41) is 2.85. The summed E-state index contributed by atoms with van der Waals surface area (Å²) in [5.74, 6) is 0.133. The quantitative estimate of drug-likeness (QED) is 0.749. The lowest BCUT2D eigenvalue weighted by molar-refractivity contribution is -0.148. The second-order valence-electron chi connectivity index (χ2n) is 6.39. The maximum absolute atomic E-state index is 12.6. The number of nitrogens with one attached hydrogen (secondary N) is 1. The summed E-state index contributed by atoms with van der Waals surface area (Å²) in [7, 11) is 1.34. The van der Waals surface area contributed by atoms with Gasteiger partial charge in [-0.15, -0.1) is 0 Å². The van der Waals surface area contributed by atoms with Crippen LogP contribution in [0.2, 0.25) is 0 Å². The number of carbonyl (C=O) groups excluding carboxylic acids is 2. The Hall–Kier alpha value is -1.10. The third kappa shape index (κ3) is 3.72. The van der Waals surface area contributed by atoms with Crippen LogP contribution < -0.4 is 11.1 Å². The highest BCUT2D eigenvalue weighted by Gasteiger charge is 2.41. The van der Waals surface area contributed by atoms with Crippen LogP contribution in [0.4, 0.5) is 0 Å². The number of hydrogen-bond donors (Lipinski definition) is 2. The maximum atomic E-state index is 12.6. The first-order valence-corrected chi connectivity index (χ1v) is 7.45. The minimum Gasteiger partial charge on any atom is -0.467 e. The van der Waals surface area contributed by atoms with Crippen LogP contribution >= 0.6 is 0 Å². The molecule has 0 unspecified atom stereocenters. The zero-order valence-corrected chi connectivity index (χ0v) is 13.1. The molecule has 0 aromatic rings. The molecule has 0 spiro atoms. The van der Waals surface area contributed by atoms with E-state index in [-0.39, 0.29) is 11.8 Å². The topological polar surface area (TPSA) is 81.4 Å². The van der Waals surface area contributed by atoms with Gasteiger partial charge in [-0.3, -0.25) is 4.79 Å². The van der Waals surface area contributed by atoms with Crippen molar-refractivity contribution in [3.8, 4) is 0 Å². The molecule has 1 amide bonds. The van der Waals surface area contributed by atoms with E-state index in [9.17, 15) is 9.59 Å². The van der Waals surface area contributed by atoms with E-state index < -0.39 is 17.4 Å². The van der Waals surface area contributed by atoms with Crippen LogP contribution in [0.15, 0.2) is 0 Å². The average molecular weight is 284 g/mol. The molecule has 1 fully saturated rings. The molecule has 1 atom stereocenters. The van der Waals surface area contributed by atoms with Gasteiger partial charge in [0, 0.05) is 6.54 Å². The minimum atomic E-state index is -0.602. The van der Waals surface area contributed by atoms with E-state index >= 15 is 0 Å². The monoisotopic (exact) mass is 284 g/mol. The van der Waals surface area contributed by atoms with Crippen LogP contribution in [0, 0.1) is 17.3 Å². The molecular weight excluding hydrogens is 256 g/mol. The molecule has 116 valence electrons. The predicted molar refractivity (Wildman–Crippen MR) is 77.9 cm³/mol. The zero-order valence-electron chi connectivity index (χ0n) is 13.1. The molecule has 3 N–H and O–H groups in total. The van der Waals surface area contributed by atoms with Crippen LogP contribution in [0.3, 0.4) is 0 Å². The summed E-state index contributed by atoms with van der Waals surface area (Å²) in [4.78, 5) is 24.3. The number of esters is 1. The van der Waals surface area contributed by atoms with Crippen molar-refractivity contribution in [2.24, 2.45) is 23.0 Å². The van der Waals surface area contributed by atoms with E-state index in [0.717, 1.165) is 25.7 Å². The molecule has 1 saturated carbocycles. The lowest BCUT2D eigenvalue weighted by Crippen LogP contribution is -2.54. The molecule has 0 heterocycles. The van der Waals surface area contributed by atoms with Gasteiger partial charge < -0.3 is 15.8 Å². The van der Waals surface area contributed by atoms with E-state index in [4.69, 9.17) is 10.5 Å². The molecule has 1 aliphatic carbocycles.